The van der Waals surface area contributed by atoms with Crippen molar-refractivity contribution in [2.24, 2.45) is 0 Å². The van der Waals surface area contributed by atoms with E-state index in [1.165, 1.54) is 13.0 Å². The number of aryl methyl sites for hydroxylation is 1. The van der Waals surface area contributed by atoms with Gasteiger partial charge in [0, 0.05) is 11.6 Å². The summed E-state index contributed by atoms with van der Waals surface area (Å²) in [7, 11) is 0. The van der Waals surface area contributed by atoms with Crippen molar-refractivity contribution in [1.82, 2.24) is 0 Å². The van der Waals surface area contributed by atoms with Gasteiger partial charge in [0.25, 0.3) is 0 Å². The van der Waals surface area contributed by atoms with Crippen LogP contribution in [0.25, 0.3) is 23.2 Å². The predicted molar refractivity (Wildman–Crippen MR) is 77.9 cm³/mol. The van der Waals surface area contributed by atoms with Crippen molar-refractivity contribution in [2.45, 2.75) is 20.8 Å². The molecule has 0 bridgehead atoms. The van der Waals surface area contributed by atoms with Crippen LogP contribution >= 0.6 is 0 Å². The Balaban J connectivity index is 2.79. The van der Waals surface area contributed by atoms with E-state index in [2.05, 4.69) is 0 Å². The van der Waals surface area contributed by atoms with Gasteiger partial charge < -0.3 is 14.6 Å². The Hall–Kier alpha value is -2.49. The molecule has 0 aliphatic carbocycles. The van der Waals surface area contributed by atoms with Crippen molar-refractivity contribution < 1.29 is 14.6 Å². The molecule has 104 valence electrons. The number of aliphatic hydroxyl groups excluding tert-OH is 1. The molecule has 0 atom stereocenters. The normalized spacial score (nSPS) is 13.4. The van der Waals surface area contributed by atoms with Crippen LogP contribution in [0.3, 0.4) is 0 Å². The standard InChI is InChI=1S/C16H16O4/c1-4-14-16(10(3)17)13(19)8-15(20-14)11-5-6-12(18)9(2)7-11/h4-8,17-18H,1-3H3/b14-4+,16-10+. The minimum absolute atomic E-state index is 0.0692. The maximum Gasteiger partial charge on any atom is 0.196 e. The average Bonchev–Trinajstić information content (AvgIpc) is 2.40. The van der Waals surface area contributed by atoms with Crippen LogP contribution < -0.4 is 16.1 Å². The zero-order valence-electron chi connectivity index (χ0n) is 11.6. The number of hydrogen-bond acceptors (Lipinski definition) is 4. The summed E-state index contributed by atoms with van der Waals surface area (Å²) >= 11 is 0. The Morgan fingerprint density at radius 3 is 2.55 bits per heavy atom. The second kappa shape index (κ2) is 5.25. The minimum Gasteiger partial charge on any atom is -0.512 e. The van der Waals surface area contributed by atoms with Crippen molar-refractivity contribution >= 4 is 11.8 Å². The van der Waals surface area contributed by atoms with E-state index in [-0.39, 0.29) is 22.2 Å². The summed E-state index contributed by atoms with van der Waals surface area (Å²) in [6.45, 7) is 4.95. The molecule has 0 radical (unpaired) electrons. The molecule has 4 nitrogen and oxygen atoms in total. The van der Waals surface area contributed by atoms with Gasteiger partial charge in [-0.2, -0.15) is 0 Å². The van der Waals surface area contributed by atoms with Crippen molar-refractivity contribution in [2.75, 3.05) is 0 Å². The molecule has 1 heterocycles. The van der Waals surface area contributed by atoms with Gasteiger partial charge in [-0.3, -0.25) is 4.79 Å². The first kappa shape index (κ1) is 13.9. The third-order valence-electron chi connectivity index (χ3n) is 3.08. The number of aliphatic hydroxyl groups is 1. The number of aromatic hydroxyl groups is 1. The van der Waals surface area contributed by atoms with Gasteiger partial charge >= 0.3 is 0 Å². The molecule has 2 N–H and O–H groups in total. The minimum atomic E-state index is -0.301. The van der Waals surface area contributed by atoms with Crippen LogP contribution in [-0.2, 0) is 0 Å². The van der Waals surface area contributed by atoms with Crippen molar-refractivity contribution in [1.29, 1.82) is 0 Å². The summed E-state index contributed by atoms with van der Waals surface area (Å²) in [5.74, 6) is 0.519. The zero-order valence-corrected chi connectivity index (χ0v) is 11.6. The van der Waals surface area contributed by atoms with Crippen LogP contribution in [0, 0.1) is 6.92 Å². The lowest BCUT2D eigenvalue weighted by Gasteiger charge is -2.04. The smallest absolute Gasteiger partial charge is 0.196 e. The van der Waals surface area contributed by atoms with Crippen LogP contribution in [-0.4, -0.2) is 10.2 Å². The third-order valence-corrected chi connectivity index (χ3v) is 3.08. The Labute approximate surface area is 115 Å². The molecule has 2 rings (SSSR count). The highest BCUT2D eigenvalue weighted by Crippen LogP contribution is 2.23. The van der Waals surface area contributed by atoms with E-state index in [4.69, 9.17) is 4.42 Å². The Bertz CT molecular complexity index is 825. The Morgan fingerprint density at radius 1 is 1.30 bits per heavy atom. The fraction of sp³-hybridized carbons (Fsp3) is 0.188. The molecule has 1 aromatic carbocycles. The summed E-state index contributed by atoms with van der Waals surface area (Å²) in [6, 6.07) is 6.31. The second-order valence-corrected chi connectivity index (χ2v) is 4.59. The van der Waals surface area contributed by atoms with E-state index in [1.807, 2.05) is 0 Å². The summed E-state index contributed by atoms with van der Waals surface area (Å²) in [6.07, 6.45) is 1.63. The Kier molecular flexibility index (Phi) is 3.66. The molecule has 1 aromatic heterocycles. The van der Waals surface area contributed by atoms with Gasteiger partial charge in [-0.05, 0) is 50.6 Å². The van der Waals surface area contributed by atoms with Crippen LogP contribution in [0.1, 0.15) is 19.4 Å². The van der Waals surface area contributed by atoms with Gasteiger partial charge in [0.2, 0.25) is 0 Å². The average molecular weight is 272 g/mol. The fourth-order valence-electron chi connectivity index (χ4n) is 2.02. The van der Waals surface area contributed by atoms with Gasteiger partial charge in [-0.1, -0.05) is 0 Å². The number of phenolic OH excluding ortho intramolecular Hbond substituents is 1. The molecule has 20 heavy (non-hydrogen) atoms. The highest BCUT2D eigenvalue weighted by atomic mass is 16.3. The number of rotatable bonds is 1. The molecule has 0 aliphatic rings. The summed E-state index contributed by atoms with van der Waals surface area (Å²) in [5, 5.41) is 19.3. The first-order chi connectivity index (χ1) is 9.43. The number of phenols is 1. The van der Waals surface area contributed by atoms with Crippen LogP contribution in [0.2, 0.25) is 0 Å². The zero-order chi connectivity index (χ0) is 14.9. The van der Waals surface area contributed by atoms with Gasteiger partial charge in [0.1, 0.15) is 27.9 Å². The molecule has 0 unspecified atom stereocenters. The van der Waals surface area contributed by atoms with Gasteiger partial charge in [-0.15, -0.1) is 0 Å². The monoisotopic (exact) mass is 272 g/mol. The first-order valence-electron chi connectivity index (χ1n) is 6.24. The number of benzene rings is 1. The van der Waals surface area contributed by atoms with Crippen molar-refractivity contribution in [3.05, 3.63) is 50.7 Å². The maximum atomic E-state index is 12.1. The SMILES string of the molecule is C/C=c1/oc(-c2ccc(O)c(C)c2)cc(=O)/c1=C(/C)O. The maximum absolute atomic E-state index is 12.1. The molecule has 0 fully saturated rings. The fourth-order valence-corrected chi connectivity index (χ4v) is 2.02. The lowest BCUT2D eigenvalue weighted by atomic mass is 10.1. The Morgan fingerprint density at radius 2 is 2.00 bits per heavy atom. The highest BCUT2D eigenvalue weighted by Gasteiger charge is 2.07. The van der Waals surface area contributed by atoms with Gasteiger partial charge in [0.15, 0.2) is 5.43 Å². The molecule has 0 spiro atoms. The molecular weight excluding hydrogens is 256 g/mol. The summed E-state index contributed by atoms with van der Waals surface area (Å²) < 4.78 is 5.66. The molecule has 0 amide bonds. The molecule has 0 aliphatic heterocycles. The second-order valence-electron chi connectivity index (χ2n) is 4.59. The summed E-state index contributed by atoms with van der Waals surface area (Å²) in [5.41, 5.74) is 1.42. The quantitative estimate of drug-likeness (QED) is 0.830. The lowest BCUT2D eigenvalue weighted by Crippen LogP contribution is -2.39. The van der Waals surface area contributed by atoms with E-state index in [9.17, 15) is 15.0 Å². The largest absolute Gasteiger partial charge is 0.512 e. The molecule has 0 saturated carbocycles. The molecule has 0 saturated heterocycles. The highest BCUT2D eigenvalue weighted by molar-refractivity contribution is 5.60. The van der Waals surface area contributed by atoms with Gasteiger partial charge in [0.05, 0.1) is 0 Å². The summed E-state index contributed by atoms with van der Waals surface area (Å²) in [4.78, 5) is 12.1. The van der Waals surface area contributed by atoms with E-state index in [0.29, 0.717) is 22.3 Å². The molecule has 2 aromatic rings. The first-order valence-corrected chi connectivity index (χ1v) is 6.24. The van der Waals surface area contributed by atoms with E-state index in [0.717, 1.165) is 0 Å². The van der Waals surface area contributed by atoms with Crippen molar-refractivity contribution in [3.63, 3.8) is 0 Å². The molecular formula is C16H16O4. The third kappa shape index (κ3) is 2.45. The van der Waals surface area contributed by atoms with Crippen LogP contribution in [0.5, 0.6) is 5.75 Å². The lowest BCUT2D eigenvalue weighted by molar-refractivity contribution is 0.471. The predicted octanol–water partition coefficient (Wildman–Crippen LogP) is 1.81. The van der Waals surface area contributed by atoms with E-state index in [1.54, 1.807) is 38.1 Å². The van der Waals surface area contributed by atoms with Crippen molar-refractivity contribution in [3.8, 4) is 17.1 Å². The van der Waals surface area contributed by atoms with Gasteiger partial charge in [-0.25, -0.2) is 0 Å². The van der Waals surface area contributed by atoms with E-state index >= 15 is 0 Å². The van der Waals surface area contributed by atoms with Crippen LogP contribution in [0.15, 0.2) is 33.5 Å². The van der Waals surface area contributed by atoms with Crippen LogP contribution in [0.4, 0.5) is 0 Å². The van der Waals surface area contributed by atoms with E-state index < -0.39 is 0 Å². The number of hydrogen-bond donors (Lipinski definition) is 2. The topological polar surface area (TPSA) is 70.7 Å². The molecule has 4 heteroatoms.